The number of hydrogen-bond acceptors (Lipinski definition) is 3. The van der Waals surface area contributed by atoms with Gasteiger partial charge in [0.1, 0.15) is 0 Å². The zero-order chi connectivity index (χ0) is 17.2. The summed E-state index contributed by atoms with van der Waals surface area (Å²) < 4.78 is 0. The summed E-state index contributed by atoms with van der Waals surface area (Å²) >= 11 is 0. The Morgan fingerprint density at radius 1 is 1.30 bits per heavy atom. The molecule has 1 N–H and O–H groups in total. The van der Waals surface area contributed by atoms with E-state index in [0.717, 1.165) is 37.8 Å². The molecule has 0 aromatic carbocycles. The van der Waals surface area contributed by atoms with Gasteiger partial charge in [0.05, 0.1) is 0 Å². The molecule has 0 bridgehead atoms. The van der Waals surface area contributed by atoms with Crippen molar-refractivity contribution >= 4 is 5.91 Å². The lowest BCUT2D eigenvalue weighted by Crippen LogP contribution is -2.36. The highest BCUT2D eigenvalue weighted by atomic mass is 16.2. The first-order valence-corrected chi connectivity index (χ1v) is 9.32. The number of carbonyl (C=O) groups is 1. The first kappa shape index (κ1) is 20.0. The summed E-state index contributed by atoms with van der Waals surface area (Å²) in [5.41, 5.74) is 1.09. The molecule has 1 aliphatic rings. The second kappa shape index (κ2) is 10.7. The molecule has 1 fully saturated rings. The van der Waals surface area contributed by atoms with Crippen LogP contribution in [0.2, 0.25) is 0 Å². The third kappa shape index (κ3) is 6.94. The van der Waals surface area contributed by atoms with Gasteiger partial charge in [0, 0.05) is 45.0 Å². The Bertz CT molecular complexity index is 375. The number of hydrogen-bond donors (Lipinski definition) is 1. The zero-order valence-corrected chi connectivity index (χ0v) is 15.9. The molecule has 0 aromatic rings. The Kier molecular flexibility index (Phi) is 9.30. The third-order valence-electron chi connectivity index (χ3n) is 5.28. The van der Waals surface area contributed by atoms with Crippen LogP contribution in [0.3, 0.4) is 0 Å². The van der Waals surface area contributed by atoms with Crippen molar-refractivity contribution < 1.29 is 4.79 Å². The van der Waals surface area contributed by atoms with Gasteiger partial charge in [0.25, 0.3) is 0 Å². The first-order valence-electron chi connectivity index (χ1n) is 9.32. The van der Waals surface area contributed by atoms with Crippen molar-refractivity contribution in [3.05, 3.63) is 11.8 Å². The maximum Gasteiger partial charge on any atom is 0.248 e. The Hall–Kier alpha value is -1.03. The van der Waals surface area contributed by atoms with Crippen LogP contribution < -0.4 is 5.32 Å². The molecular weight excluding hydrogens is 286 g/mol. The molecular formula is C19H37N3O. The second-order valence-corrected chi connectivity index (χ2v) is 7.06. The van der Waals surface area contributed by atoms with Gasteiger partial charge in [-0.3, -0.25) is 4.79 Å². The molecule has 1 aliphatic carbocycles. The lowest BCUT2D eigenvalue weighted by atomic mass is 9.80. The molecule has 1 atom stereocenters. The summed E-state index contributed by atoms with van der Waals surface area (Å²) in [4.78, 5) is 16.3. The molecule has 134 valence electrons. The van der Waals surface area contributed by atoms with E-state index < -0.39 is 0 Å². The fourth-order valence-corrected chi connectivity index (χ4v) is 3.39. The summed E-state index contributed by atoms with van der Waals surface area (Å²) in [6, 6.07) is 0. The molecule has 1 amide bonds. The predicted molar refractivity (Wildman–Crippen MR) is 98.3 cm³/mol. The minimum Gasteiger partial charge on any atom is -0.373 e. The molecule has 0 aromatic heterocycles. The van der Waals surface area contributed by atoms with Crippen LogP contribution in [0, 0.1) is 11.8 Å². The van der Waals surface area contributed by atoms with E-state index in [-0.39, 0.29) is 5.91 Å². The molecule has 0 aliphatic heterocycles. The molecule has 4 heteroatoms. The number of allylic oxidation sites excluding steroid dienone is 1. The van der Waals surface area contributed by atoms with E-state index in [4.69, 9.17) is 0 Å². The van der Waals surface area contributed by atoms with Gasteiger partial charge in [-0.2, -0.15) is 0 Å². The third-order valence-corrected chi connectivity index (χ3v) is 5.28. The highest BCUT2D eigenvalue weighted by molar-refractivity contribution is 5.87. The molecule has 0 radical (unpaired) electrons. The largest absolute Gasteiger partial charge is 0.373 e. The van der Waals surface area contributed by atoms with Crippen molar-refractivity contribution in [2.75, 3.05) is 40.3 Å². The molecule has 1 saturated carbocycles. The van der Waals surface area contributed by atoms with Gasteiger partial charge in [-0.25, -0.2) is 0 Å². The first-order chi connectivity index (χ1) is 11.0. The van der Waals surface area contributed by atoms with Crippen LogP contribution in [0.4, 0.5) is 0 Å². The van der Waals surface area contributed by atoms with Gasteiger partial charge in [0.2, 0.25) is 5.91 Å². The monoisotopic (exact) mass is 323 g/mol. The molecule has 23 heavy (non-hydrogen) atoms. The summed E-state index contributed by atoms with van der Waals surface area (Å²) in [5, 5.41) is 3.23. The van der Waals surface area contributed by atoms with Crippen LogP contribution in [-0.4, -0.2) is 56.0 Å². The van der Waals surface area contributed by atoms with Crippen molar-refractivity contribution in [1.82, 2.24) is 15.1 Å². The van der Waals surface area contributed by atoms with E-state index in [2.05, 4.69) is 24.1 Å². The van der Waals surface area contributed by atoms with Crippen LogP contribution >= 0.6 is 0 Å². The van der Waals surface area contributed by atoms with E-state index in [9.17, 15) is 4.79 Å². The summed E-state index contributed by atoms with van der Waals surface area (Å²) in [6.07, 6.45) is 8.74. The lowest BCUT2D eigenvalue weighted by Gasteiger charge is -2.34. The van der Waals surface area contributed by atoms with Crippen molar-refractivity contribution in [2.45, 2.75) is 52.9 Å². The fraction of sp³-hybridized carbons (Fsp3) is 0.842. The topological polar surface area (TPSA) is 35.6 Å². The average Bonchev–Trinajstić information content (AvgIpc) is 2.58. The predicted octanol–water partition coefficient (Wildman–Crippen LogP) is 3.11. The minimum absolute atomic E-state index is 0.102. The quantitative estimate of drug-likeness (QED) is 0.662. The maximum atomic E-state index is 12.2. The van der Waals surface area contributed by atoms with E-state index in [1.807, 2.05) is 21.0 Å². The SMILES string of the molecule is CCN(C)C(=O)/C=C(\C)N(CCNC)CC(C)C1CCCCC1. The van der Waals surface area contributed by atoms with Crippen molar-refractivity contribution in [2.24, 2.45) is 11.8 Å². The van der Waals surface area contributed by atoms with Gasteiger partial charge >= 0.3 is 0 Å². The number of amides is 1. The molecule has 1 unspecified atom stereocenters. The summed E-state index contributed by atoms with van der Waals surface area (Å²) in [7, 11) is 3.84. The van der Waals surface area contributed by atoms with Crippen LogP contribution in [0.1, 0.15) is 52.9 Å². The van der Waals surface area contributed by atoms with Crippen molar-refractivity contribution in [3.63, 3.8) is 0 Å². The zero-order valence-electron chi connectivity index (χ0n) is 15.9. The summed E-state index contributed by atoms with van der Waals surface area (Å²) in [6.45, 7) is 10.2. The van der Waals surface area contributed by atoms with E-state index in [0.29, 0.717) is 5.92 Å². The highest BCUT2D eigenvalue weighted by Crippen LogP contribution is 2.30. The fourth-order valence-electron chi connectivity index (χ4n) is 3.39. The number of carbonyl (C=O) groups excluding carboxylic acids is 1. The van der Waals surface area contributed by atoms with E-state index in [1.54, 1.807) is 11.0 Å². The van der Waals surface area contributed by atoms with Gasteiger partial charge in [0.15, 0.2) is 0 Å². The number of likely N-dealkylation sites (N-methyl/N-ethyl adjacent to an activating group) is 2. The van der Waals surface area contributed by atoms with Crippen LogP contribution in [0.15, 0.2) is 11.8 Å². The standard InChI is InChI=1S/C19H37N3O/c1-6-21(5)19(23)14-17(3)22(13-12-20-4)15-16(2)18-10-8-7-9-11-18/h14,16,18,20H,6-13,15H2,1-5H3/b17-14+. The maximum absolute atomic E-state index is 12.2. The Labute approximate surface area is 143 Å². The van der Waals surface area contributed by atoms with Crippen molar-refractivity contribution in [3.8, 4) is 0 Å². The van der Waals surface area contributed by atoms with Crippen molar-refractivity contribution in [1.29, 1.82) is 0 Å². The highest BCUT2D eigenvalue weighted by Gasteiger charge is 2.22. The Balaban J connectivity index is 2.69. The normalized spacial score (nSPS) is 17.9. The van der Waals surface area contributed by atoms with Gasteiger partial charge in [-0.1, -0.05) is 39.0 Å². The van der Waals surface area contributed by atoms with Gasteiger partial charge in [-0.05, 0) is 32.7 Å². The number of rotatable bonds is 9. The van der Waals surface area contributed by atoms with Crippen LogP contribution in [0.25, 0.3) is 0 Å². The molecule has 4 nitrogen and oxygen atoms in total. The Morgan fingerprint density at radius 3 is 2.52 bits per heavy atom. The smallest absolute Gasteiger partial charge is 0.248 e. The lowest BCUT2D eigenvalue weighted by molar-refractivity contribution is -0.124. The molecule has 0 heterocycles. The minimum atomic E-state index is 0.102. The number of nitrogens with one attached hydrogen (secondary N) is 1. The van der Waals surface area contributed by atoms with Gasteiger partial charge in [-0.15, -0.1) is 0 Å². The number of nitrogens with zero attached hydrogens (tertiary/aromatic N) is 2. The molecule has 1 rings (SSSR count). The summed E-state index contributed by atoms with van der Waals surface area (Å²) in [5.74, 6) is 1.64. The van der Waals surface area contributed by atoms with Crippen LogP contribution in [-0.2, 0) is 4.79 Å². The van der Waals surface area contributed by atoms with Crippen LogP contribution in [0.5, 0.6) is 0 Å². The molecule has 0 saturated heterocycles. The van der Waals surface area contributed by atoms with E-state index >= 15 is 0 Å². The Morgan fingerprint density at radius 2 is 1.96 bits per heavy atom. The van der Waals surface area contributed by atoms with E-state index in [1.165, 1.54) is 32.1 Å². The average molecular weight is 324 g/mol. The molecule has 0 spiro atoms. The second-order valence-electron chi connectivity index (χ2n) is 7.06. The van der Waals surface area contributed by atoms with Gasteiger partial charge < -0.3 is 15.1 Å².